The van der Waals surface area contributed by atoms with Crippen LogP contribution in [0.1, 0.15) is 43.4 Å². The number of nitrogen functional groups attached to an aromatic ring is 2. The molecule has 0 bridgehead atoms. The Bertz CT molecular complexity index is 1560. The Morgan fingerprint density at radius 3 is 2.49 bits per heavy atom. The number of carbonyl (C=O) groups is 3. The molecule has 41 heavy (non-hydrogen) atoms. The third kappa shape index (κ3) is 7.42. The summed E-state index contributed by atoms with van der Waals surface area (Å²) in [6, 6.07) is 9.71. The maximum absolute atomic E-state index is 12.9. The minimum atomic E-state index is -0.853. The molecule has 13 nitrogen and oxygen atoms in total. The van der Waals surface area contributed by atoms with Crippen LogP contribution in [-0.2, 0) is 16.1 Å². The van der Waals surface area contributed by atoms with Gasteiger partial charge in [0.05, 0.1) is 30.4 Å². The zero-order valence-electron chi connectivity index (χ0n) is 22.9. The Kier molecular flexibility index (Phi) is 9.24. The molecule has 0 unspecified atom stereocenters. The molecule has 0 aliphatic carbocycles. The van der Waals surface area contributed by atoms with E-state index in [4.69, 9.17) is 16.2 Å². The largest absolute Gasteiger partial charge is 0.467 e. The molecule has 2 amide bonds. The van der Waals surface area contributed by atoms with E-state index in [1.807, 2.05) is 24.9 Å². The number of fused-ring (bicyclic) bond motifs is 1. The smallest absolute Gasteiger partial charge is 0.328 e. The molecule has 0 aliphatic heterocycles. The Morgan fingerprint density at radius 2 is 1.80 bits per heavy atom. The summed E-state index contributed by atoms with van der Waals surface area (Å²) in [7, 11) is 3.14. The number of nitrogens with zero attached hydrogens (tertiary/aromatic N) is 5. The van der Waals surface area contributed by atoms with Crippen molar-refractivity contribution in [3.8, 4) is 0 Å². The van der Waals surface area contributed by atoms with Gasteiger partial charge >= 0.3 is 5.97 Å². The molecule has 0 spiro atoms. The predicted molar refractivity (Wildman–Crippen MR) is 156 cm³/mol. The number of benzene rings is 1. The Balaban J connectivity index is 1.32. The summed E-state index contributed by atoms with van der Waals surface area (Å²) in [6.07, 6.45) is 2.37. The summed E-state index contributed by atoms with van der Waals surface area (Å²) in [4.78, 5) is 57.8. The number of esters is 1. The molecule has 0 aliphatic rings. The highest BCUT2D eigenvalue weighted by Crippen LogP contribution is 2.19. The summed E-state index contributed by atoms with van der Waals surface area (Å²) < 4.78 is 4.87. The topological polar surface area (TPSA) is 191 Å². The Labute approximate surface area is 240 Å². The number of hydrogen-bond acceptors (Lipinski definition) is 12. The van der Waals surface area contributed by atoms with Gasteiger partial charge in [0.1, 0.15) is 6.04 Å². The number of nitrogens with two attached hydrogens (primary N) is 2. The van der Waals surface area contributed by atoms with Crippen molar-refractivity contribution in [1.29, 1.82) is 0 Å². The van der Waals surface area contributed by atoms with E-state index in [2.05, 4.69) is 30.6 Å². The van der Waals surface area contributed by atoms with Crippen LogP contribution in [0, 0.1) is 6.92 Å². The monoisotopic (exact) mass is 577 g/mol. The summed E-state index contributed by atoms with van der Waals surface area (Å²) in [6.45, 7) is 2.70. The van der Waals surface area contributed by atoms with Gasteiger partial charge in [-0.15, -0.1) is 11.3 Å². The van der Waals surface area contributed by atoms with Crippen molar-refractivity contribution in [1.82, 2.24) is 30.6 Å². The van der Waals surface area contributed by atoms with Crippen molar-refractivity contribution >= 4 is 57.7 Å². The van der Waals surface area contributed by atoms with Gasteiger partial charge in [-0.2, -0.15) is 9.97 Å². The molecule has 214 valence electrons. The first-order valence-electron chi connectivity index (χ1n) is 12.7. The lowest BCUT2D eigenvalue weighted by molar-refractivity contribution is -0.143. The van der Waals surface area contributed by atoms with Crippen LogP contribution in [0.3, 0.4) is 0 Å². The molecular formula is C27H31N9O4S. The zero-order valence-corrected chi connectivity index (χ0v) is 23.7. The van der Waals surface area contributed by atoms with Crippen molar-refractivity contribution < 1.29 is 19.1 Å². The first kappa shape index (κ1) is 29.1. The lowest BCUT2D eigenvalue weighted by Gasteiger charge is -2.20. The van der Waals surface area contributed by atoms with Crippen molar-refractivity contribution in [2.75, 3.05) is 37.1 Å². The fourth-order valence-corrected chi connectivity index (χ4v) is 4.83. The molecule has 0 radical (unpaired) electrons. The molecule has 14 heteroatoms. The molecule has 1 aromatic carbocycles. The number of hydrogen-bond donors (Lipinski definition) is 4. The average Bonchev–Trinajstić information content (AvgIpc) is 3.40. The van der Waals surface area contributed by atoms with Gasteiger partial charge in [0.15, 0.2) is 17.0 Å². The molecule has 3 aromatic heterocycles. The van der Waals surface area contributed by atoms with Crippen molar-refractivity contribution in [3.05, 3.63) is 63.6 Å². The third-order valence-corrected chi connectivity index (χ3v) is 7.18. The first-order valence-corrected chi connectivity index (χ1v) is 13.6. The molecule has 0 saturated heterocycles. The lowest BCUT2D eigenvalue weighted by Crippen LogP contribution is -2.42. The van der Waals surface area contributed by atoms with Crippen LogP contribution in [0.15, 0.2) is 42.6 Å². The van der Waals surface area contributed by atoms with Crippen LogP contribution >= 0.6 is 11.3 Å². The van der Waals surface area contributed by atoms with E-state index in [1.54, 1.807) is 36.5 Å². The molecule has 0 saturated carbocycles. The summed E-state index contributed by atoms with van der Waals surface area (Å²) in [5.74, 6) is -0.946. The van der Waals surface area contributed by atoms with Crippen LogP contribution in [0.4, 0.5) is 17.5 Å². The SMILES string of the molecule is COC(=O)[C@H](CCCNC(=O)c1ccc(C)s1)NC(=O)c1ccc(N(C)Cc2cnc3nc(N)nc(N)c3n2)cc1. The van der Waals surface area contributed by atoms with Gasteiger partial charge in [0.2, 0.25) is 5.95 Å². The first-order chi connectivity index (χ1) is 19.6. The molecule has 4 aromatic rings. The van der Waals surface area contributed by atoms with E-state index in [0.717, 1.165) is 10.6 Å². The molecule has 6 N–H and O–H groups in total. The van der Waals surface area contributed by atoms with Crippen LogP contribution in [0.25, 0.3) is 11.2 Å². The van der Waals surface area contributed by atoms with Gasteiger partial charge in [0.25, 0.3) is 11.8 Å². The fourth-order valence-electron chi connectivity index (χ4n) is 4.05. The molecule has 0 fully saturated rings. The molecule has 1 atom stereocenters. The Hall–Kier alpha value is -4.85. The van der Waals surface area contributed by atoms with Crippen LogP contribution < -0.4 is 27.0 Å². The highest BCUT2D eigenvalue weighted by Gasteiger charge is 2.22. The third-order valence-electron chi connectivity index (χ3n) is 6.18. The average molecular weight is 578 g/mol. The molecule has 3 heterocycles. The second-order valence-electron chi connectivity index (χ2n) is 9.26. The van der Waals surface area contributed by atoms with E-state index >= 15 is 0 Å². The number of methoxy groups -OCH3 is 1. The maximum atomic E-state index is 12.9. The van der Waals surface area contributed by atoms with E-state index < -0.39 is 17.9 Å². The van der Waals surface area contributed by atoms with E-state index in [-0.39, 0.29) is 17.7 Å². The summed E-state index contributed by atoms with van der Waals surface area (Å²) >= 11 is 1.41. The van der Waals surface area contributed by atoms with Crippen molar-refractivity contribution in [2.45, 2.75) is 32.4 Å². The number of rotatable bonds is 11. The minimum absolute atomic E-state index is 0.0320. The second-order valence-corrected chi connectivity index (χ2v) is 10.5. The zero-order chi connectivity index (χ0) is 29.5. The predicted octanol–water partition coefficient (Wildman–Crippen LogP) is 2.07. The fraction of sp³-hybridized carbons (Fsp3) is 0.296. The van der Waals surface area contributed by atoms with Gasteiger partial charge in [0, 0.05) is 29.7 Å². The van der Waals surface area contributed by atoms with Gasteiger partial charge in [-0.25, -0.2) is 14.8 Å². The van der Waals surface area contributed by atoms with Gasteiger partial charge in [-0.1, -0.05) is 0 Å². The standard InChI is InChI=1S/C27H31N9O4S/c1-15-6-11-20(41-15)25(38)30-12-4-5-19(26(39)40-3)33-24(37)16-7-9-18(10-8-16)36(2)14-17-13-31-23-21(32-17)22(28)34-27(29)35-23/h6-11,13,19H,4-5,12,14H2,1-3H3,(H,30,38)(H,33,37)(H4,28,29,31,34,35)/t19-/m0/s1. The Morgan fingerprint density at radius 1 is 1.05 bits per heavy atom. The van der Waals surface area contributed by atoms with Gasteiger partial charge in [-0.05, 0) is 56.2 Å². The quantitative estimate of drug-likeness (QED) is 0.151. The number of amides is 2. The molecule has 4 rings (SSSR count). The summed E-state index contributed by atoms with van der Waals surface area (Å²) in [5.41, 5.74) is 14.1. The van der Waals surface area contributed by atoms with Crippen LogP contribution in [0.2, 0.25) is 0 Å². The van der Waals surface area contributed by atoms with E-state index in [1.165, 1.54) is 18.4 Å². The van der Waals surface area contributed by atoms with Gasteiger partial charge < -0.3 is 31.7 Å². The van der Waals surface area contributed by atoms with E-state index in [9.17, 15) is 14.4 Å². The van der Waals surface area contributed by atoms with Crippen molar-refractivity contribution in [2.24, 2.45) is 0 Å². The highest BCUT2D eigenvalue weighted by molar-refractivity contribution is 7.13. The van der Waals surface area contributed by atoms with Crippen LogP contribution in [-0.4, -0.2) is 64.5 Å². The number of anilines is 3. The highest BCUT2D eigenvalue weighted by atomic mass is 32.1. The number of aryl methyl sites for hydroxylation is 1. The number of carbonyl (C=O) groups excluding carboxylic acids is 3. The van der Waals surface area contributed by atoms with E-state index in [0.29, 0.717) is 53.2 Å². The summed E-state index contributed by atoms with van der Waals surface area (Å²) in [5, 5.41) is 5.57. The lowest BCUT2D eigenvalue weighted by atomic mass is 10.1. The molecular weight excluding hydrogens is 546 g/mol. The van der Waals surface area contributed by atoms with Crippen molar-refractivity contribution in [3.63, 3.8) is 0 Å². The number of nitrogens with one attached hydrogen (secondary N) is 2. The minimum Gasteiger partial charge on any atom is -0.467 e. The van der Waals surface area contributed by atoms with Gasteiger partial charge in [-0.3, -0.25) is 9.59 Å². The second kappa shape index (κ2) is 13.0. The number of aromatic nitrogens is 4. The number of thiophene rings is 1. The number of ether oxygens (including phenoxy) is 1. The van der Waals surface area contributed by atoms with Crippen LogP contribution in [0.5, 0.6) is 0 Å². The normalized spacial score (nSPS) is 11.6. The maximum Gasteiger partial charge on any atom is 0.328 e.